The molecule has 0 aliphatic rings. The number of rotatable bonds is 3. The van der Waals surface area contributed by atoms with E-state index in [9.17, 15) is 4.79 Å². The minimum Gasteiger partial charge on any atom is -0.326 e. The predicted molar refractivity (Wildman–Crippen MR) is 62.5 cm³/mol. The highest BCUT2D eigenvalue weighted by Crippen LogP contribution is 2.15. The van der Waals surface area contributed by atoms with Crippen molar-refractivity contribution in [3.8, 4) is 0 Å². The molecule has 0 bridgehead atoms. The van der Waals surface area contributed by atoms with Crippen LogP contribution < -0.4 is 11.1 Å². The summed E-state index contributed by atoms with van der Waals surface area (Å²) in [5.74, 6) is 0.0365. The van der Waals surface area contributed by atoms with Gasteiger partial charge < -0.3 is 11.1 Å². The smallest absolute Gasteiger partial charge is 0.226 e. The van der Waals surface area contributed by atoms with E-state index in [1.54, 1.807) is 0 Å². The van der Waals surface area contributed by atoms with Gasteiger partial charge in [0.2, 0.25) is 5.91 Å². The third-order valence-corrected chi connectivity index (χ3v) is 2.35. The van der Waals surface area contributed by atoms with Gasteiger partial charge in [-0.25, -0.2) is 0 Å². The summed E-state index contributed by atoms with van der Waals surface area (Å²) in [5.41, 5.74) is 8.62. The number of carbonyl (C=O) groups is 1. The maximum Gasteiger partial charge on any atom is 0.226 e. The summed E-state index contributed by atoms with van der Waals surface area (Å²) in [6.45, 7) is 6.27. The fraction of sp³-hybridized carbons (Fsp3) is 0.417. The highest BCUT2D eigenvalue weighted by Gasteiger charge is 2.07. The van der Waals surface area contributed by atoms with Crippen molar-refractivity contribution in [2.24, 2.45) is 11.7 Å². The molecular weight excluding hydrogens is 188 g/mol. The number of anilines is 1. The largest absolute Gasteiger partial charge is 0.326 e. The monoisotopic (exact) mass is 206 g/mol. The van der Waals surface area contributed by atoms with Gasteiger partial charge in [-0.15, -0.1) is 0 Å². The Kier molecular flexibility index (Phi) is 3.86. The first-order chi connectivity index (χ1) is 7.04. The predicted octanol–water partition coefficient (Wildman–Crippen LogP) is 2.05. The zero-order chi connectivity index (χ0) is 11.4. The molecule has 1 aromatic carbocycles. The van der Waals surface area contributed by atoms with Crippen LogP contribution in [0.4, 0.5) is 5.69 Å². The number of nitrogens with two attached hydrogens (primary N) is 1. The Morgan fingerprint density at radius 1 is 1.47 bits per heavy atom. The second-order valence-electron chi connectivity index (χ2n) is 3.99. The SMILES string of the molecule is Cc1cc(NC(=O)C(C)C)ccc1CN. The Labute approximate surface area is 90.7 Å². The van der Waals surface area contributed by atoms with E-state index in [4.69, 9.17) is 5.73 Å². The molecule has 0 atom stereocenters. The van der Waals surface area contributed by atoms with Gasteiger partial charge in [0.25, 0.3) is 0 Å². The van der Waals surface area contributed by atoms with Crippen LogP contribution in [0.5, 0.6) is 0 Å². The molecule has 3 nitrogen and oxygen atoms in total. The number of carbonyl (C=O) groups excluding carboxylic acids is 1. The Morgan fingerprint density at radius 3 is 2.60 bits per heavy atom. The molecule has 0 saturated carbocycles. The van der Waals surface area contributed by atoms with Gasteiger partial charge in [0.1, 0.15) is 0 Å². The molecule has 3 N–H and O–H groups in total. The summed E-state index contributed by atoms with van der Waals surface area (Å²) in [6.07, 6.45) is 0. The summed E-state index contributed by atoms with van der Waals surface area (Å²) < 4.78 is 0. The van der Waals surface area contributed by atoms with Gasteiger partial charge in [-0.3, -0.25) is 4.79 Å². The van der Waals surface area contributed by atoms with Crippen LogP contribution in [0.15, 0.2) is 18.2 Å². The lowest BCUT2D eigenvalue weighted by Crippen LogP contribution is -2.17. The second-order valence-corrected chi connectivity index (χ2v) is 3.99. The molecular formula is C12H18N2O. The first-order valence-corrected chi connectivity index (χ1v) is 5.15. The highest BCUT2D eigenvalue weighted by atomic mass is 16.1. The van der Waals surface area contributed by atoms with Gasteiger partial charge in [0.05, 0.1) is 0 Å². The van der Waals surface area contributed by atoms with Gasteiger partial charge in [-0.2, -0.15) is 0 Å². The van der Waals surface area contributed by atoms with Crippen LogP contribution in [-0.2, 0) is 11.3 Å². The number of amides is 1. The molecule has 1 rings (SSSR count). The molecule has 82 valence electrons. The molecule has 0 saturated heterocycles. The van der Waals surface area contributed by atoms with E-state index in [-0.39, 0.29) is 11.8 Å². The molecule has 0 fully saturated rings. The Morgan fingerprint density at radius 2 is 2.13 bits per heavy atom. The molecule has 1 aromatic rings. The maximum atomic E-state index is 11.4. The van der Waals surface area contributed by atoms with Crippen molar-refractivity contribution in [1.82, 2.24) is 0 Å². The lowest BCUT2D eigenvalue weighted by molar-refractivity contribution is -0.118. The molecule has 0 radical (unpaired) electrons. The number of aryl methyl sites for hydroxylation is 1. The molecule has 0 aliphatic heterocycles. The van der Waals surface area contributed by atoms with Gasteiger partial charge >= 0.3 is 0 Å². The first kappa shape index (κ1) is 11.7. The number of hydrogen-bond donors (Lipinski definition) is 2. The van der Waals surface area contributed by atoms with E-state index in [1.165, 1.54) is 0 Å². The fourth-order valence-corrected chi connectivity index (χ4v) is 1.29. The van der Waals surface area contributed by atoms with Crippen LogP contribution in [0.2, 0.25) is 0 Å². The molecule has 0 spiro atoms. The van der Waals surface area contributed by atoms with E-state index in [2.05, 4.69) is 5.32 Å². The summed E-state index contributed by atoms with van der Waals surface area (Å²) >= 11 is 0. The zero-order valence-electron chi connectivity index (χ0n) is 9.50. The highest BCUT2D eigenvalue weighted by molar-refractivity contribution is 5.92. The Balaban J connectivity index is 2.80. The lowest BCUT2D eigenvalue weighted by Gasteiger charge is -2.10. The number of nitrogens with one attached hydrogen (secondary N) is 1. The van der Waals surface area contributed by atoms with Crippen molar-refractivity contribution in [1.29, 1.82) is 0 Å². The van der Waals surface area contributed by atoms with Crippen LogP contribution in [0.3, 0.4) is 0 Å². The van der Waals surface area contributed by atoms with E-state index < -0.39 is 0 Å². The van der Waals surface area contributed by atoms with Crippen LogP contribution in [0.25, 0.3) is 0 Å². The maximum absolute atomic E-state index is 11.4. The van der Waals surface area contributed by atoms with Crippen molar-refractivity contribution < 1.29 is 4.79 Å². The quantitative estimate of drug-likeness (QED) is 0.795. The molecule has 15 heavy (non-hydrogen) atoms. The number of hydrogen-bond acceptors (Lipinski definition) is 2. The molecule has 0 unspecified atom stereocenters. The van der Waals surface area contributed by atoms with Crippen molar-refractivity contribution in [3.63, 3.8) is 0 Å². The minimum absolute atomic E-state index is 0.000471. The Hall–Kier alpha value is -1.35. The van der Waals surface area contributed by atoms with Crippen LogP contribution in [0.1, 0.15) is 25.0 Å². The molecule has 1 amide bonds. The molecule has 3 heteroatoms. The average Bonchev–Trinajstić information content (AvgIpc) is 2.18. The van der Waals surface area contributed by atoms with Gasteiger partial charge in [-0.05, 0) is 30.2 Å². The fourth-order valence-electron chi connectivity index (χ4n) is 1.29. The average molecular weight is 206 g/mol. The van der Waals surface area contributed by atoms with Gasteiger partial charge in [0, 0.05) is 18.2 Å². The Bertz CT molecular complexity index is 359. The van der Waals surface area contributed by atoms with Crippen molar-refractivity contribution in [2.75, 3.05) is 5.32 Å². The normalized spacial score (nSPS) is 10.5. The summed E-state index contributed by atoms with van der Waals surface area (Å²) in [4.78, 5) is 11.4. The molecule has 0 aliphatic carbocycles. The summed E-state index contributed by atoms with van der Waals surface area (Å²) in [5, 5.41) is 2.85. The van der Waals surface area contributed by atoms with Gasteiger partial charge in [0.15, 0.2) is 0 Å². The number of benzene rings is 1. The topological polar surface area (TPSA) is 55.1 Å². The van der Waals surface area contributed by atoms with Crippen LogP contribution in [-0.4, -0.2) is 5.91 Å². The van der Waals surface area contributed by atoms with E-state index in [0.717, 1.165) is 16.8 Å². The third kappa shape index (κ3) is 3.06. The van der Waals surface area contributed by atoms with Crippen molar-refractivity contribution >= 4 is 11.6 Å². The first-order valence-electron chi connectivity index (χ1n) is 5.15. The third-order valence-electron chi connectivity index (χ3n) is 2.35. The van der Waals surface area contributed by atoms with Crippen molar-refractivity contribution in [2.45, 2.75) is 27.3 Å². The molecule has 0 aromatic heterocycles. The second kappa shape index (κ2) is 4.94. The minimum atomic E-state index is -0.000471. The molecule has 0 heterocycles. The van der Waals surface area contributed by atoms with Crippen LogP contribution in [0, 0.1) is 12.8 Å². The van der Waals surface area contributed by atoms with E-state index >= 15 is 0 Å². The van der Waals surface area contributed by atoms with E-state index in [1.807, 2.05) is 39.0 Å². The van der Waals surface area contributed by atoms with Crippen molar-refractivity contribution in [3.05, 3.63) is 29.3 Å². The lowest BCUT2D eigenvalue weighted by atomic mass is 10.1. The standard InChI is InChI=1S/C12H18N2O/c1-8(2)12(15)14-11-5-4-10(7-13)9(3)6-11/h4-6,8H,7,13H2,1-3H3,(H,14,15). The van der Waals surface area contributed by atoms with E-state index in [0.29, 0.717) is 6.54 Å². The summed E-state index contributed by atoms with van der Waals surface area (Å²) in [6, 6.07) is 5.78. The zero-order valence-corrected chi connectivity index (χ0v) is 9.50. The summed E-state index contributed by atoms with van der Waals surface area (Å²) in [7, 11) is 0. The van der Waals surface area contributed by atoms with Gasteiger partial charge in [-0.1, -0.05) is 19.9 Å². The van der Waals surface area contributed by atoms with Crippen LogP contribution >= 0.6 is 0 Å².